The lowest BCUT2D eigenvalue weighted by molar-refractivity contribution is 0.264. The Kier molecular flexibility index (Phi) is 5.05. The summed E-state index contributed by atoms with van der Waals surface area (Å²) in [5.74, 6) is 2.87. The molecule has 0 heterocycles. The fourth-order valence-electron chi connectivity index (χ4n) is 0.845. The second-order valence-corrected chi connectivity index (χ2v) is 9.08. The molecule has 0 saturated carbocycles. The van der Waals surface area contributed by atoms with Crippen molar-refractivity contribution in [2.75, 3.05) is 0 Å². The van der Waals surface area contributed by atoms with Crippen LogP contribution in [0.15, 0.2) is 12.2 Å². The van der Waals surface area contributed by atoms with E-state index >= 15 is 0 Å². The SMILES string of the molecule is C=C(CCC)C(O)C#C[Si](C)(C)C. The molecule has 0 saturated heterocycles. The summed E-state index contributed by atoms with van der Waals surface area (Å²) < 4.78 is 0. The van der Waals surface area contributed by atoms with Gasteiger partial charge in [0.25, 0.3) is 0 Å². The summed E-state index contributed by atoms with van der Waals surface area (Å²) >= 11 is 0. The molecular formula is C11H20OSi. The van der Waals surface area contributed by atoms with Crippen LogP contribution < -0.4 is 0 Å². The third-order valence-corrected chi connectivity index (χ3v) is 2.44. The van der Waals surface area contributed by atoms with Crippen LogP contribution in [0.2, 0.25) is 19.6 Å². The van der Waals surface area contributed by atoms with Gasteiger partial charge in [-0.05, 0) is 12.0 Å². The first-order valence-electron chi connectivity index (χ1n) is 4.75. The number of hydrogen-bond acceptors (Lipinski definition) is 1. The molecule has 0 spiro atoms. The molecule has 1 N–H and O–H groups in total. The molecule has 13 heavy (non-hydrogen) atoms. The molecule has 0 bridgehead atoms. The van der Waals surface area contributed by atoms with Crippen LogP contribution in [0.25, 0.3) is 0 Å². The topological polar surface area (TPSA) is 20.2 Å². The van der Waals surface area contributed by atoms with Gasteiger partial charge >= 0.3 is 0 Å². The monoisotopic (exact) mass is 196 g/mol. The maximum atomic E-state index is 9.56. The molecule has 1 atom stereocenters. The predicted octanol–water partition coefficient (Wildman–Crippen LogP) is 2.58. The number of rotatable bonds is 3. The Balaban J connectivity index is 4.19. The first-order chi connectivity index (χ1) is 5.87. The molecular weight excluding hydrogens is 176 g/mol. The summed E-state index contributed by atoms with van der Waals surface area (Å²) in [5.41, 5.74) is 3.98. The Hall–Kier alpha value is -0.523. The number of hydrogen-bond donors (Lipinski definition) is 1. The highest BCUT2D eigenvalue weighted by atomic mass is 28.3. The Morgan fingerprint density at radius 2 is 2.00 bits per heavy atom. The van der Waals surface area contributed by atoms with Crippen LogP contribution in [0.1, 0.15) is 19.8 Å². The second-order valence-electron chi connectivity index (χ2n) is 4.33. The van der Waals surface area contributed by atoms with Crippen molar-refractivity contribution < 1.29 is 5.11 Å². The molecule has 0 amide bonds. The van der Waals surface area contributed by atoms with Crippen LogP contribution in [-0.2, 0) is 0 Å². The van der Waals surface area contributed by atoms with Gasteiger partial charge in [-0.15, -0.1) is 5.54 Å². The molecule has 0 aromatic heterocycles. The van der Waals surface area contributed by atoms with Crippen LogP contribution in [0.5, 0.6) is 0 Å². The highest BCUT2D eigenvalue weighted by molar-refractivity contribution is 6.83. The van der Waals surface area contributed by atoms with Gasteiger partial charge in [-0.25, -0.2) is 0 Å². The standard InChI is InChI=1S/C11H20OSi/c1-6-7-10(2)11(12)8-9-13(3,4)5/h11-12H,2,6-7H2,1,3-5H3. The van der Waals surface area contributed by atoms with Gasteiger partial charge in [0.1, 0.15) is 14.2 Å². The summed E-state index contributed by atoms with van der Waals surface area (Å²) in [7, 11) is -1.35. The molecule has 0 rings (SSSR count). The molecule has 74 valence electrons. The van der Waals surface area contributed by atoms with Crippen molar-refractivity contribution >= 4 is 8.07 Å². The van der Waals surface area contributed by atoms with Gasteiger partial charge in [0.15, 0.2) is 0 Å². The molecule has 0 radical (unpaired) electrons. The summed E-state index contributed by atoms with van der Waals surface area (Å²) in [4.78, 5) is 0. The average Bonchev–Trinajstić information content (AvgIpc) is 1.99. The van der Waals surface area contributed by atoms with Crippen LogP contribution >= 0.6 is 0 Å². The van der Waals surface area contributed by atoms with Gasteiger partial charge in [0.2, 0.25) is 0 Å². The summed E-state index contributed by atoms with van der Waals surface area (Å²) in [6.45, 7) is 12.4. The maximum Gasteiger partial charge on any atom is 0.135 e. The van der Waals surface area contributed by atoms with E-state index in [4.69, 9.17) is 0 Å². The fraction of sp³-hybridized carbons (Fsp3) is 0.636. The summed E-state index contributed by atoms with van der Waals surface area (Å²) in [5, 5.41) is 9.56. The zero-order chi connectivity index (χ0) is 10.5. The highest BCUT2D eigenvalue weighted by Gasteiger charge is 2.09. The van der Waals surface area contributed by atoms with E-state index in [0.717, 1.165) is 18.4 Å². The molecule has 0 aliphatic heterocycles. The van der Waals surface area contributed by atoms with Crippen molar-refractivity contribution in [2.24, 2.45) is 0 Å². The maximum absolute atomic E-state index is 9.56. The van der Waals surface area contributed by atoms with E-state index < -0.39 is 14.2 Å². The van der Waals surface area contributed by atoms with Crippen molar-refractivity contribution in [3.8, 4) is 11.5 Å². The summed E-state index contributed by atoms with van der Waals surface area (Å²) in [6.07, 6.45) is 1.26. The minimum Gasteiger partial charge on any atom is -0.376 e. The van der Waals surface area contributed by atoms with E-state index in [2.05, 4.69) is 44.6 Å². The smallest absolute Gasteiger partial charge is 0.135 e. The van der Waals surface area contributed by atoms with E-state index in [1.54, 1.807) is 0 Å². The molecule has 0 aromatic rings. The lowest BCUT2D eigenvalue weighted by Gasteiger charge is -2.08. The van der Waals surface area contributed by atoms with Crippen molar-refractivity contribution in [1.29, 1.82) is 0 Å². The van der Waals surface area contributed by atoms with Crippen molar-refractivity contribution in [3.63, 3.8) is 0 Å². The third-order valence-electron chi connectivity index (χ3n) is 1.54. The Morgan fingerprint density at radius 1 is 1.46 bits per heavy atom. The van der Waals surface area contributed by atoms with Gasteiger partial charge in [-0.3, -0.25) is 0 Å². The lowest BCUT2D eigenvalue weighted by Crippen LogP contribution is -2.18. The predicted molar refractivity (Wildman–Crippen MR) is 61.2 cm³/mol. The summed E-state index contributed by atoms with van der Waals surface area (Å²) in [6, 6.07) is 0. The normalized spacial score (nSPS) is 13.0. The minimum atomic E-state index is -1.35. The van der Waals surface area contributed by atoms with Crippen molar-refractivity contribution in [3.05, 3.63) is 12.2 Å². The van der Waals surface area contributed by atoms with Crippen LogP contribution in [0.4, 0.5) is 0 Å². The van der Waals surface area contributed by atoms with Gasteiger partial charge in [0, 0.05) is 0 Å². The first-order valence-corrected chi connectivity index (χ1v) is 8.25. The lowest BCUT2D eigenvalue weighted by atomic mass is 10.1. The van der Waals surface area contributed by atoms with E-state index in [-0.39, 0.29) is 0 Å². The fourth-order valence-corrected chi connectivity index (χ4v) is 1.41. The minimum absolute atomic E-state index is 0.619. The highest BCUT2D eigenvalue weighted by Crippen LogP contribution is 2.07. The zero-order valence-electron chi connectivity index (χ0n) is 9.15. The largest absolute Gasteiger partial charge is 0.376 e. The molecule has 0 aliphatic carbocycles. The molecule has 1 unspecified atom stereocenters. The van der Waals surface area contributed by atoms with Crippen LogP contribution in [0, 0.1) is 11.5 Å². The zero-order valence-corrected chi connectivity index (χ0v) is 10.1. The van der Waals surface area contributed by atoms with E-state index in [1.165, 1.54) is 0 Å². The van der Waals surface area contributed by atoms with Crippen molar-refractivity contribution in [2.45, 2.75) is 45.5 Å². The molecule has 0 aliphatic rings. The molecule has 0 aromatic carbocycles. The number of aliphatic hydroxyl groups is 1. The van der Waals surface area contributed by atoms with Crippen LogP contribution in [-0.4, -0.2) is 19.3 Å². The average molecular weight is 196 g/mol. The van der Waals surface area contributed by atoms with Gasteiger partial charge in [0.05, 0.1) is 0 Å². The molecule has 1 nitrogen and oxygen atoms in total. The Labute approximate surface area is 82.9 Å². The van der Waals surface area contributed by atoms with Gasteiger partial charge in [-0.2, -0.15) is 0 Å². The van der Waals surface area contributed by atoms with Crippen LogP contribution in [0.3, 0.4) is 0 Å². The van der Waals surface area contributed by atoms with E-state index in [0.29, 0.717) is 0 Å². The van der Waals surface area contributed by atoms with Crippen molar-refractivity contribution in [1.82, 2.24) is 0 Å². The first kappa shape index (κ1) is 12.5. The quantitative estimate of drug-likeness (QED) is 0.418. The van der Waals surface area contributed by atoms with Gasteiger partial charge in [-0.1, -0.05) is 45.5 Å². The molecule has 0 fully saturated rings. The second kappa shape index (κ2) is 5.26. The Bertz CT molecular complexity index is 227. The van der Waals surface area contributed by atoms with Gasteiger partial charge < -0.3 is 5.11 Å². The van der Waals surface area contributed by atoms with E-state index in [9.17, 15) is 5.11 Å². The third kappa shape index (κ3) is 6.62. The molecule has 2 heteroatoms. The number of aliphatic hydroxyl groups excluding tert-OH is 1. The Morgan fingerprint density at radius 3 is 2.38 bits per heavy atom. The van der Waals surface area contributed by atoms with E-state index in [1.807, 2.05) is 0 Å².